The van der Waals surface area contributed by atoms with Gasteiger partial charge in [0.15, 0.2) is 10.8 Å². The minimum atomic E-state index is -1.30. The quantitative estimate of drug-likeness (QED) is 0.0444. The third-order valence-corrected chi connectivity index (χ3v) is 10.6. The van der Waals surface area contributed by atoms with E-state index in [9.17, 15) is 28.7 Å². The van der Waals surface area contributed by atoms with E-state index < -0.39 is 54.4 Å². The number of rotatable bonds is 15. The number of anilines is 1. The summed E-state index contributed by atoms with van der Waals surface area (Å²) < 4.78 is 12.6. The van der Waals surface area contributed by atoms with Crippen LogP contribution in [-0.2, 0) is 29.8 Å². The van der Waals surface area contributed by atoms with E-state index in [0.717, 1.165) is 26.7 Å². The zero-order chi connectivity index (χ0) is 31.1. The third kappa shape index (κ3) is 7.71. The minimum Gasteiger partial charge on any atom is -0.477 e. The van der Waals surface area contributed by atoms with Crippen LogP contribution in [0.4, 0.5) is 9.52 Å². The lowest BCUT2D eigenvalue weighted by Gasteiger charge is -2.49. The number of carbonyl (C=O) groups is 4. The number of carbonyl (C=O) groups excluding carboxylic acids is 3. The Kier molecular flexibility index (Phi) is 11.5. The lowest BCUT2D eigenvalue weighted by atomic mass is 10.0. The minimum absolute atomic E-state index is 0.0379. The number of alkyl halides is 1. The molecule has 1 saturated heterocycles. The maximum absolute atomic E-state index is 13.2. The van der Waals surface area contributed by atoms with Gasteiger partial charge in [0, 0.05) is 39.5 Å². The third-order valence-electron chi connectivity index (χ3n) is 5.72. The fourth-order valence-corrected chi connectivity index (χ4v) is 8.37. The molecule has 14 nitrogen and oxygen atoms in total. The van der Waals surface area contributed by atoms with Crippen molar-refractivity contribution in [3.05, 3.63) is 44.7 Å². The summed E-state index contributed by atoms with van der Waals surface area (Å²) in [5.74, 6) is -1.63. The summed E-state index contributed by atoms with van der Waals surface area (Å²) in [5.41, 5.74) is 11.6. The Morgan fingerprint density at radius 3 is 2.91 bits per heavy atom. The summed E-state index contributed by atoms with van der Waals surface area (Å²) in [5, 5.41) is 18.1. The molecule has 3 atom stereocenters. The molecule has 0 aromatic carbocycles. The molecule has 0 saturated carbocycles. The Morgan fingerprint density at radius 1 is 1.44 bits per heavy atom. The number of aliphatic carboxylic acids is 1. The van der Waals surface area contributed by atoms with Crippen LogP contribution < -0.4 is 22.1 Å². The number of carboxylic acids is 1. The molecule has 2 aromatic rings. The van der Waals surface area contributed by atoms with Crippen LogP contribution in [0.25, 0.3) is 0 Å². The first-order chi connectivity index (χ1) is 20.7. The van der Waals surface area contributed by atoms with Crippen LogP contribution >= 0.6 is 58.2 Å². The van der Waals surface area contributed by atoms with Crippen LogP contribution in [0.2, 0.25) is 4.34 Å². The number of fused-ring (bicyclic) bond motifs is 1. The monoisotopic (exact) mass is 690 g/mol. The van der Waals surface area contributed by atoms with E-state index in [4.69, 9.17) is 27.9 Å². The van der Waals surface area contributed by atoms with Gasteiger partial charge >= 0.3 is 5.97 Å². The van der Waals surface area contributed by atoms with E-state index >= 15 is 0 Å². The number of nitrogens with one attached hydrogen (secondary N) is 2. The normalized spacial score (nSPS) is 18.9. The van der Waals surface area contributed by atoms with E-state index in [0.29, 0.717) is 22.8 Å². The average Bonchev–Trinajstić information content (AvgIpc) is 3.31. The second-order valence-corrected chi connectivity index (χ2v) is 13.5. The predicted molar refractivity (Wildman–Crippen MR) is 163 cm³/mol. The number of carboxylic acid groups (broad SMARTS) is 1. The van der Waals surface area contributed by atoms with Gasteiger partial charge in [-0.15, -0.1) is 11.8 Å². The summed E-state index contributed by atoms with van der Waals surface area (Å²) >= 11 is 11.0. The first-order valence-corrected chi connectivity index (χ1v) is 16.4. The number of oxime groups is 1. The smallest absolute Gasteiger partial charge is 0.353 e. The van der Waals surface area contributed by atoms with Gasteiger partial charge in [-0.05, 0) is 11.6 Å². The Bertz CT molecular complexity index is 1460. The molecule has 0 bridgehead atoms. The largest absolute Gasteiger partial charge is 0.477 e. The van der Waals surface area contributed by atoms with Crippen LogP contribution in [0.1, 0.15) is 11.3 Å². The zero-order valence-electron chi connectivity index (χ0n) is 21.9. The first kappa shape index (κ1) is 32.8. The Morgan fingerprint density at radius 2 is 2.23 bits per heavy atom. The number of thioether (sulfide) groups is 3. The average molecular weight is 691 g/mol. The Hall–Kier alpha value is -3.10. The highest BCUT2D eigenvalue weighted by molar-refractivity contribution is 8.06. The molecule has 4 heterocycles. The van der Waals surface area contributed by atoms with E-state index in [1.807, 2.05) is 0 Å². The van der Waals surface area contributed by atoms with E-state index in [-0.39, 0.29) is 26.6 Å². The maximum atomic E-state index is 13.2. The number of β-lactam (4-membered cyclic amide) rings is 1. The van der Waals surface area contributed by atoms with Gasteiger partial charge in [-0.25, -0.2) is 14.2 Å². The molecular formula is C23H24ClFN8O6S4. The molecular weight excluding hydrogens is 667 g/mol. The highest BCUT2D eigenvalue weighted by atomic mass is 35.5. The van der Waals surface area contributed by atoms with Gasteiger partial charge in [-0.1, -0.05) is 39.9 Å². The van der Waals surface area contributed by atoms with E-state index in [1.54, 1.807) is 18.5 Å². The molecule has 230 valence electrons. The van der Waals surface area contributed by atoms with Crippen molar-refractivity contribution in [1.29, 1.82) is 0 Å². The zero-order valence-corrected chi connectivity index (χ0v) is 25.9. The molecule has 20 heteroatoms. The second-order valence-electron chi connectivity index (χ2n) is 8.57. The number of nitrogen functional groups attached to an aromatic ring is 1. The maximum Gasteiger partial charge on any atom is 0.353 e. The Balaban J connectivity index is 1.50. The van der Waals surface area contributed by atoms with Crippen LogP contribution in [0.5, 0.6) is 0 Å². The topological polar surface area (TPSA) is 215 Å². The fraction of sp³-hybridized carbons (Fsp3) is 0.348. The van der Waals surface area contributed by atoms with Crippen molar-refractivity contribution < 1.29 is 33.5 Å². The summed E-state index contributed by atoms with van der Waals surface area (Å²) in [7, 11) is 0. The molecule has 2 aromatic heterocycles. The molecule has 0 spiro atoms. The number of nitrogens with zero attached hydrogens (tertiary/aromatic N) is 4. The first-order valence-electron chi connectivity index (χ1n) is 12.2. The SMILES string of the molecule is Nc1nc(C(=NOCCF)C(=O)N[C@@H]2C(=O)N3C(C(=O)O)=C(Sc4ccncc4CSCC(N)NC=O)CS[C@@H]23)c(Cl)s1. The van der Waals surface area contributed by atoms with Crippen LogP contribution in [-0.4, -0.2) is 92.2 Å². The number of aromatic nitrogens is 2. The van der Waals surface area contributed by atoms with Gasteiger partial charge in [-0.2, -0.15) is 11.8 Å². The van der Waals surface area contributed by atoms with Gasteiger partial charge in [0.1, 0.15) is 40.4 Å². The van der Waals surface area contributed by atoms with Crippen molar-refractivity contribution in [3.63, 3.8) is 0 Å². The molecule has 2 aliphatic rings. The second kappa shape index (κ2) is 15.1. The van der Waals surface area contributed by atoms with Crippen LogP contribution in [0, 0.1) is 0 Å². The lowest BCUT2D eigenvalue weighted by Crippen LogP contribution is -2.71. The molecule has 1 fully saturated rings. The number of nitrogens with two attached hydrogens (primary N) is 2. The van der Waals surface area contributed by atoms with Gasteiger partial charge in [0.05, 0.1) is 6.17 Å². The molecule has 43 heavy (non-hydrogen) atoms. The van der Waals surface area contributed by atoms with Crippen molar-refractivity contribution in [3.8, 4) is 0 Å². The highest BCUT2D eigenvalue weighted by Crippen LogP contribution is 2.46. The van der Waals surface area contributed by atoms with Gasteiger partial charge < -0.3 is 32.0 Å². The molecule has 3 amide bonds. The summed E-state index contributed by atoms with van der Waals surface area (Å²) in [6, 6.07) is 0.660. The van der Waals surface area contributed by atoms with E-state index in [1.165, 1.54) is 35.3 Å². The molecule has 0 radical (unpaired) electrons. The van der Waals surface area contributed by atoms with Crippen molar-refractivity contribution in [2.24, 2.45) is 10.9 Å². The molecule has 4 rings (SSSR count). The van der Waals surface area contributed by atoms with Crippen LogP contribution in [0.15, 0.2) is 39.1 Å². The number of pyridine rings is 1. The van der Waals surface area contributed by atoms with Crippen molar-refractivity contribution in [1.82, 2.24) is 25.5 Å². The Labute approximate surface area is 265 Å². The summed E-state index contributed by atoms with van der Waals surface area (Å²) in [6.45, 7) is -1.30. The van der Waals surface area contributed by atoms with E-state index in [2.05, 4.69) is 25.8 Å². The van der Waals surface area contributed by atoms with Crippen molar-refractivity contribution >= 4 is 93.3 Å². The summed E-state index contributed by atoms with van der Waals surface area (Å²) in [6.07, 6.45) is 3.25. The molecule has 1 unspecified atom stereocenters. The number of hydrogen-bond acceptors (Lipinski definition) is 14. The number of hydrogen-bond donors (Lipinski definition) is 5. The molecule has 2 aliphatic heterocycles. The van der Waals surface area contributed by atoms with Crippen molar-refractivity contribution in [2.45, 2.75) is 28.2 Å². The summed E-state index contributed by atoms with van der Waals surface area (Å²) in [4.78, 5) is 64.6. The molecule has 0 aliphatic carbocycles. The van der Waals surface area contributed by atoms with Crippen LogP contribution in [0.3, 0.4) is 0 Å². The van der Waals surface area contributed by atoms with Crippen molar-refractivity contribution in [2.75, 3.05) is 30.5 Å². The lowest BCUT2D eigenvalue weighted by molar-refractivity contribution is -0.150. The van der Waals surface area contributed by atoms with Gasteiger partial charge in [0.2, 0.25) is 6.41 Å². The standard InChI is InChI=1S/C23H24ClFN8O6S4/c24-18-14(31-23(27)43-18)15(32-39-4-2-25)19(35)30-16-20(36)33-17(22(37)38)12(7-41-21(16)33)42-11-1-3-28-5-10(11)6-40-8-13(26)29-9-34/h1,3,5,9,13,16,21H,2,4,6-8,26H2,(H2,27,31)(H,29,34)(H,30,35)(H,37,38)/t13?,16-,21+/m1/s1. The van der Waals surface area contributed by atoms with Gasteiger partial charge in [-0.3, -0.25) is 24.3 Å². The fourth-order valence-electron chi connectivity index (χ4n) is 3.87. The highest BCUT2D eigenvalue weighted by Gasteiger charge is 2.54. The molecule has 7 N–H and O–H groups in total. The number of amides is 3. The number of halogens is 2. The predicted octanol–water partition coefficient (Wildman–Crippen LogP) is 1.22. The van der Waals surface area contributed by atoms with Gasteiger partial charge in [0.25, 0.3) is 11.8 Å². The number of thiazole rings is 1.